The van der Waals surface area contributed by atoms with E-state index >= 15 is 0 Å². The average Bonchev–Trinajstić information content (AvgIpc) is 2.90. The number of aliphatic hydroxyl groups is 1. The number of benzene rings is 1. The first-order valence-corrected chi connectivity index (χ1v) is 6.05. The normalized spacial score (nSPS) is 34.6. The van der Waals surface area contributed by atoms with Gasteiger partial charge < -0.3 is 9.84 Å². The molecule has 96 valence electrons. The number of para-hydroxylation sites is 1. The summed E-state index contributed by atoms with van der Waals surface area (Å²) < 4.78 is 5.09. The average molecular weight is 249 g/mol. The third-order valence-corrected chi connectivity index (χ3v) is 3.58. The minimum absolute atomic E-state index is 0.0959. The number of hydrogen-bond donors (Lipinski definition) is 1. The molecule has 0 radical (unpaired) electrons. The van der Waals surface area contributed by atoms with E-state index in [9.17, 15) is 9.90 Å². The van der Waals surface area contributed by atoms with Crippen LogP contribution in [-0.2, 0) is 14.4 Å². The Bertz CT molecular complexity index is 450. The minimum atomic E-state index is -0.557. The molecule has 0 saturated carbocycles. The van der Waals surface area contributed by atoms with Crippen molar-refractivity contribution < 1.29 is 19.5 Å². The van der Waals surface area contributed by atoms with E-state index in [1.807, 2.05) is 37.3 Å². The fraction of sp³-hybridized carbons (Fsp3) is 0.462. The second-order valence-corrected chi connectivity index (χ2v) is 4.66. The topological polar surface area (TPSA) is 59.0 Å². The number of anilines is 1. The second kappa shape index (κ2) is 4.26. The summed E-state index contributed by atoms with van der Waals surface area (Å²) in [6.07, 6.45) is -0.948. The largest absolute Gasteiger partial charge is 0.457 e. The molecule has 0 aromatic heterocycles. The van der Waals surface area contributed by atoms with Crippen LogP contribution in [0.25, 0.3) is 0 Å². The van der Waals surface area contributed by atoms with Crippen LogP contribution in [0.4, 0.5) is 5.69 Å². The van der Waals surface area contributed by atoms with Gasteiger partial charge in [0.15, 0.2) is 6.10 Å². The van der Waals surface area contributed by atoms with Gasteiger partial charge in [0, 0.05) is 0 Å². The van der Waals surface area contributed by atoms with Crippen LogP contribution >= 0.6 is 0 Å². The lowest BCUT2D eigenvalue weighted by Gasteiger charge is -2.24. The van der Waals surface area contributed by atoms with E-state index in [-0.39, 0.29) is 24.5 Å². The summed E-state index contributed by atoms with van der Waals surface area (Å²) in [6.45, 7) is 1.72. The van der Waals surface area contributed by atoms with Gasteiger partial charge in [-0.3, -0.25) is 9.63 Å². The number of carbonyl (C=O) groups is 1. The van der Waals surface area contributed by atoms with Crippen LogP contribution in [-0.4, -0.2) is 35.9 Å². The molecule has 0 aliphatic carbocycles. The molecule has 0 amide bonds. The summed E-state index contributed by atoms with van der Waals surface area (Å²) in [5.41, 5.74) is 0.906. The molecule has 2 saturated heterocycles. The van der Waals surface area contributed by atoms with Gasteiger partial charge in [0.25, 0.3) is 0 Å². The number of cyclic esters (lactones) is 1. The van der Waals surface area contributed by atoms with Crippen LogP contribution in [0.15, 0.2) is 30.3 Å². The maximum absolute atomic E-state index is 11.8. The number of nitrogens with zero attached hydrogens (tertiary/aromatic N) is 1. The standard InChI is InChI=1S/C13H15NO4/c1-8-11-12(10(7-15)17-13(11)16)18-14(8)9-5-3-2-4-6-9/h2-6,8,10-12,15H,7H2,1H3/t8-,10-,11-,12-/m1/s1. The summed E-state index contributed by atoms with van der Waals surface area (Å²) in [4.78, 5) is 17.6. The van der Waals surface area contributed by atoms with Crippen molar-refractivity contribution in [3.8, 4) is 0 Å². The maximum Gasteiger partial charge on any atom is 0.314 e. The number of hydrogen-bond acceptors (Lipinski definition) is 5. The Hall–Kier alpha value is -1.59. The highest BCUT2D eigenvalue weighted by Crippen LogP contribution is 2.39. The number of fused-ring (bicyclic) bond motifs is 1. The third kappa shape index (κ3) is 1.59. The Kier molecular flexibility index (Phi) is 2.72. The highest BCUT2D eigenvalue weighted by Gasteiger charge is 2.55. The summed E-state index contributed by atoms with van der Waals surface area (Å²) in [6, 6.07) is 9.52. The van der Waals surface area contributed by atoms with E-state index in [2.05, 4.69) is 0 Å². The van der Waals surface area contributed by atoms with Crippen LogP contribution in [0.1, 0.15) is 6.92 Å². The Balaban J connectivity index is 1.88. The predicted octanol–water partition coefficient (Wildman–Crippen LogP) is 0.729. The molecule has 3 rings (SSSR count). The monoisotopic (exact) mass is 249 g/mol. The highest BCUT2D eigenvalue weighted by atomic mass is 16.7. The van der Waals surface area contributed by atoms with Crippen LogP contribution in [0, 0.1) is 5.92 Å². The van der Waals surface area contributed by atoms with Gasteiger partial charge >= 0.3 is 5.97 Å². The maximum atomic E-state index is 11.8. The van der Waals surface area contributed by atoms with E-state index in [4.69, 9.17) is 9.57 Å². The van der Waals surface area contributed by atoms with Crippen molar-refractivity contribution >= 4 is 11.7 Å². The van der Waals surface area contributed by atoms with Crippen molar-refractivity contribution in [2.24, 2.45) is 5.92 Å². The molecule has 0 bridgehead atoms. The van der Waals surface area contributed by atoms with Gasteiger partial charge in [-0.25, -0.2) is 5.06 Å². The van der Waals surface area contributed by atoms with Crippen LogP contribution in [0.3, 0.4) is 0 Å². The van der Waals surface area contributed by atoms with Gasteiger partial charge in [-0.05, 0) is 19.1 Å². The van der Waals surface area contributed by atoms with Crippen molar-refractivity contribution in [1.82, 2.24) is 0 Å². The fourth-order valence-corrected chi connectivity index (χ4v) is 2.65. The Morgan fingerprint density at radius 3 is 2.72 bits per heavy atom. The van der Waals surface area contributed by atoms with Gasteiger partial charge in [-0.2, -0.15) is 0 Å². The summed E-state index contributed by atoms with van der Waals surface area (Å²) >= 11 is 0. The molecule has 18 heavy (non-hydrogen) atoms. The second-order valence-electron chi connectivity index (χ2n) is 4.66. The van der Waals surface area contributed by atoms with Crippen LogP contribution < -0.4 is 5.06 Å². The van der Waals surface area contributed by atoms with Crippen molar-refractivity contribution in [2.45, 2.75) is 25.2 Å². The van der Waals surface area contributed by atoms with Crippen molar-refractivity contribution in [2.75, 3.05) is 11.7 Å². The summed E-state index contributed by atoms with van der Waals surface area (Å²) in [7, 11) is 0. The quantitative estimate of drug-likeness (QED) is 0.783. The van der Waals surface area contributed by atoms with Gasteiger partial charge in [0.05, 0.1) is 18.3 Å². The van der Waals surface area contributed by atoms with E-state index in [0.29, 0.717) is 0 Å². The van der Waals surface area contributed by atoms with Gasteiger partial charge in [0.1, 0.15) is 12.0 Å². The van der Waals surface area contributed by atoms with E-state index in [1.54, 1.807) is 5.06 Å². The van der Waals surface area contributed by atoms with E-state index in [0.717, 1.165) is 5.69 Å². The summed E-state index contributed by atoms with van der Waals surface area (Å²) in [5.74, 6) is -0.618. The molecule has 0 spiro atoms. The first-order valence-electron chi connectivity index (χ1n) is 6.05. The van der Waals surface area contributed by atoms with Gasteiger partial charge in [-0.15, -0.1) is 0 Å². The molecule has 4 atom stereocenters. The SMILES string of the molecule is C[C@@H]1[C@H]2C(=O)O[C@H](CO)[C@H]2ON1c1ccccc1. The van der Waals surface area contributed by atoms with E-state index < -0.39 is 12.2 Å². The lowest BCUT2D eigenvalue weighted by molar-refractivity contribution is -0.147. The smallest absolute Gasteiger partial charge is 0.314 e. The summed E-state index contributed by atoms with van der Waals surface area (Å²) in [5, 5.41) is 10.9. The molecule has 1 aromatic rings. The number of hydroxylamine groups is 1. The number of carbonyl (C=O) groups excluding carboxylic acids is 1. The number of ether oxygens (including phenoxy) is 1. The first kappa shape index (κ1) is 11.5. The van der Waals surface area contributed by atoms with Gasteiger partial charge in [-0.1, -0.05) is 18.2 Å². The Morgan fingerprint density at radius 2 is 2.06 bits per heavy atom. The molecule has 1 aromatic carbocycles. The molecule has 5 nitrogen and oxygen atoms in total. The van der Waals surface area contributed by atoms with Gasteiger partial charge in [0.2, 0.25) is 0 Å². The van der Waals surface area contributed by atoms with Crippen molar-refractivity contribution in [3.63, 3.8) is 0 Å². The lowest BCUT2D eigenvalue weighted by atomic mass is 9.96. The number of rotatable bonds is 2. The fourth-order valence-electron chi connectivity index (χ4n) is 2.65. The Labute approximate surface area is 105 Å². The molecule has 0 unspecified atom stereocenters. The zero-order valence-corrected chi connectivity index (χ0v) is 10.0. The number of aliphatic hydroxyl groups excluding tert-OH is 1. The molecular formula is C13H15NO4. The Morgan fingerprint density at radius 1 is 1.33 bits per heavy atom. The molecule has 2 heterocycles. The van der Waals surface area contributed by atoms with Crippen molar-refractivity contribution in [3.05, 3.63) is 30.3 Å². The zero-order valence-electron chi connectivity index (χ0n) is 10.0. The first-order chi connectivity index (χ1) is 8.72. The molecule has 1 N–H and O–H groups in total. The molecule has 2 fully saturated rings. The molecular weight excluding hydrogens is 234 g/mol. The molecule has 5 heteroatoms. The predicted molar refractivity (Wildman–Crippen MR) is 63.7 cm³/mol. The van der Waals surface area contributed by atoms with E-state index in [1.165, 1.54) is 0 Å². The lowest BCUT2D eigenvalue weighted by Crippen LogP contribution is -2.32. The highest BCUT2D eigenvalue weighted by molar-refractivity contribution is 5.78. The molecule has 2 aliphatic rings. The third-order valence-electron chi connectivity index (χ3n) is 3.58. The van der Waals surface area contributed by atoms with Crippen molar-refractivity contribution in [1.29, 1.82) is 0 Å². The van der Waals surface area contributed by atoms with Crippen LogP contribution in [0.5, 0.6) is 0 Å². The molecule has 2 aliphatic heterocycles. The minimum Gasteiger partial charge on any atom is -0.457 e. The zero-order chi connectivity index (χ0) is 12.7. The number of esters is 1. The van der Waals surface area contributed by atoms with Crippen LogP contribution in [0.2, 0.25) is 0 Å².